The minimum absolute atomic E-state index is 0.0584. The first-order valence-electron chi connectivity index (χ1n) is 8.20. The lowest BCUT2D eigenvalue weighted by Crippen LogP contribution is -2.53. The molecule has 0 bridgehead atoms. The number of nitrogens with zero attached hydrogens (tertiary/aromatic N) is 4. The van der Waals surface area contributed by atoms with Crippen LogP contribution in [0.2, 0.25) is 5.02 Å². The highest BCUT2D eigenvalue weighted by Gasteiger charge is 2.27. The van der Waals surface area contributed by atoms with Gasteiger partial charge in [-0.25, -0.2) is 9.97 Å². The van der Waals surface area contributed by atoms with E-state index in [1.165, 1.54) is 6.33 Å². The second-order valence-corrected chi connectivity index (χ2v) is 6.70. The molecule has 132 valence electrons. The van der Waals surface area contributed by atoms with Crippen LogP contribution in [-0.2, 0) is 9.59 Å². The highest BCUT2D eigenvalue weighted by molar-refractivity contribution is 6.35. The number of halogens is 1. The second-order valence-electron chi connectivity index (χ2n) is 6.27. The summed E-state index contributed by atoms with van der Waals surface area (Å²) < 4.78 is 0. The molecular weight excluding hydrogens is 342 g/mol. The van der Waals surface area contributed by atoms with Crippen molar-refractivity contribution in [2.45, 2.75) is 19.9 Å². The van der Waals surface area contributed by atoms with Gasteiger partial charge in [0, 0.05) is 42.6 Å². The highest BCUT2D eigenvalue weighted by atomic mass is 35.5. The third kappa shape index (κ3) is 3.82. The molecule has 1 aliphatic rings. The first-order valence-corrected chi connectivity index (χ1v) is 8.58. The van der Waals surface area contributed by atoms with Gasteiger partial charge < -0.3 is 15.1 Å². The van der Waals surface area contributed by atoms with Crippen molar-refractivity contribution in [3.05, 3.63) is 29.5 Å². The summed E-state index contributed by atoms with van der Waals surface area (Å²) in [5, 5.41) is 4.18. The van der Waals surface area contributed by atoms with Crippen molar-refractivity contribution in [3.8, 4) is 0 Å². The molecule has 2 heterocycles. The number of hydrogen-bond donors (Lipinski definition) is 1. The predicted molar refractivity (Wildman–Crippen MR) is 96.6 cm³/mol. The lowest BCUT2D eigenvalue weighted by atomic mass is 10.2. The minimum Gasteiger partial charge on any atom is -0.352 e. The molecule has 7 nitrogen and oxygen atoms in total. The Morgan fingerprint density at radius 2 is 1.88 bits per heavy atom. The number of carbonyl (C=O) groups is 2. The van der Waals surface area contributed by atoms with E-state index in [0.29, 0.717) is 31.2 Å². The lowest BCUT2D eigenvalue weighted by molar-refractivity contribution is -0.146. The van der Waals surface area contributed by atoms with E-state index in [-0.39, 0.29) is 6.04 Å². The molecule has 1 N–H and O–H groups in total. The maximum atomic E-state index is 12.2. The normalized spacial score (nSPS) is 14.9. The summed E-state index contributed by atoms with van der Waals surface area (Å²) >= 11 is 6.02. The molecule has 0 atom stereocenters. The summed E-state index contributed by atoms with van der Waals surface area (Å²) in [6, 6.07) is 5.46. The number of aromatic nitrogens is 2. The zero-order valence-electron chi connectivity index (χ0n) is 14.2. The topological polar surface area (TPSA) is 78.4 Å². The Labute approximate surface area is 151 Å². The molecule has 0 spiro atoms. The number of carbonyl (C=O) groups excluding carboxylic acids is 2. The molecule has 8 heteroatoms. The number of piperazine rings is 1. The van der Waals surface area contributed by atoms with E-state index >= 15 is 0 Å². The van der Waals surface area contributed by atoms with Crippen molar-refractivity contribution in [2.24, 2.45) is 0 Å². The third-order valence-electron chi connectivity index (χ3n) is 4.06. The van der Waals surface area contributed by atoms with Gasteiger partial charge in [0.15, 0.2) is 0 Å². The van der Waals surface area contributed by atoms with E-state index in [1.54, 1.807) is 11.0 Å². The van der Waals surface area contributed by atoms with Crippen LogP contribution >= 0.6 is 11.6 Å². The average molecular weight is 362 g/mol. The molecule has 0 unspecified atom stereocenters. The number of benzene rings is 1. The lowest BCUT2D eigenvalue weighted by Gasteiger charge is -2.35. The number of amides is 2. The number of fused-ring (bicyclic) bond motifs is 1. The largest absolute Gasteiger partial charge is 0.352 e. The first-order chi connectivity index (χ1) is 12.0. The fourth-order valence-corrected chi connectivity index (χ4v) is 3.02. The Hall–Kier alpha value is -2.41. The molecular formula is C17H20ClN5O2. The molecule has 1 aromatic carbocycles. The maximum absolute atomic E-state index is 12.2. The van der Waals surface area contributed by atoms with Crippen LogP contribution in [-0.4, -0.2) is 58.9 Å². The van der Waals surface area contributed by atoms with Gasteiger partial charge >= 0.3 is 11.8 Å². The highest BCUT2D eigenvalue weighted by Crippen LogP contribution is 2.26. The van der Waals surface area contributed by atoms with Gasteiger partial charge in [0.1, 0.15) is 12.1 Å². The van der Waals surface area contributed by atoms with Crippen LogP contribution in [0.4, 0.5) is 5.82 Å². The van der Waals surface area contributed by atoms with Gasteiger partial charge in [-0.15, -0.1) is 0 Å². The summed E-state index contributed by atoms with van der Waals surface area (Å²) in [4.78, 5) is 36.4. The van der Waals surface area contributed by atoms with E-state index in [2.05, 4.69) is 20.2 Å². The van der Waals surface area contributed by atoms with Gasteiger partial charge in [0.25, 0.3) is 0 Å². The zero-order valence-corrected chi connectivity index (χ0v) is 15.0. The Morgan fingerprint density at radius 1 is 1.16 bits per heavy atom. The number of anilines is 1. The molecule has 2 aromatic rings. The second kappa shape index (κ2) is 7.23. The third-order valence-corrected chi connectivity index (χ3v) is 4.29. The van der Waals surface area contributed by atoms with Crippen LogP contribution in [0.3, 0.4) is 0 Å². The van der Waals surface area contributed by atoms with Crippen LogP contribution < -0.4 is 10.2 Å². The van der Waals surface area contributed by atoms with Crippen LogP contribution in [0.25, 0.3) is 10.9 Å². The molecule has 1 aromatic heterocycles. The number of rotatable bonds is 2. The van der Waals surface area contributed by atoms with E-state index in [9.17, 15) is 9.59 Å². The van der Waals surface area contributed by atoms with Crippen molar-refractivity contribution in [1.29, 1.82) is 0 Å². The molecule has 2 amide bonds. The van der Waals surface area contributed by atoms with Gasteiger partial charge in [-0.1, -0.05) is 11.6 Å². The van der Waals surface area contributed by atoms with Crippen LogP contribution in [0.1, 0.15) is 13.8 Å². The van der Waals surface area contributed by atoms with E-state index in [0.717, 1.165) is 16.7 Å². The Bertz CT molecular complexity index is 803. The molecule has 25 heavy (non-hydrogen) atoms. The molecule has 0 radical (unpaired) electrons. The monoisotopic (exact) mass is 361 g/mol. The molecule has 0 saturated carbocycles. The minimum atomic E-state index is -0.550. The Morgan fingerprint density at radius 3 is 2.56 bits per heavy atom. The van der Waals surface area contributed by atoms with Gasteiger partial charge in [0.2, 0.25) is 0 Å². The maximum Gasteiger partial charge on any atom is 0.312 e. The predicted octanol–water partition coefficient (Wildman–Crippen LogP) is 1.46. The van der Waals surface area contributed by atoms with Crippen molar-refractivity contribution in [2.75, 3.05) is 31.1 Å². The SMILES string of the molecule is CC(C)NC(=O)C(=O)N1CCN(c2ncnc3cc(Cl)ccc23)CC1. The summed E-state index contributed by atoms with van der Waals surface area (Å²) in [7, 11) is 0. The molecule has 1 fully saturated rings. The van der Waals surface area contributed by atoms with E-state index < -0.39 is 11.8 Å². The van der Waals surface area contributed by atoms with Crippen molar-refractivity contribution in [3.63, 3.8) is 0 Å². The van der Waals surface area contributed by atoms with Crippen LogP contribution in [0, 0.1) is 0 Å². The van der Waals surface area contributed by atoms with Gasteiger partial charge in [-0.3, -0.25) is 9.59 Å². The quantitative estimate of drug-likeness (QED) is 0.819. The summed E-state index contributed by atoms with van der Waals surface area (Å²) in [6.45, 7) is 5.82. The summed E-state index contributed by atoms with van der Waals surface area (Å²) in [6.07, 6.45) is 1.52. The van der Waals surface area contributed by atoms with Crippen LogP contribution in [0.5, 0.6) is 0 Å². The fraction of sp³-hybridized carbons (Fsp3) is 0.412. The van der Waals surface area contributed by atoms with Crippen molar-refractivity contribution >= 4 is 40.1 Å². The smallest absolute Gasteiger partial charge is 0.312 e. The van der Waals surface area contributed by atoms with Gasteiger partial charge in [-0.05, 0) is 32.0 Å². The van der Waals surface area contributed by atoms with E-state index in [1.807, 2.05) is 26.0 Å². The van der Waals surface area contributed by atoms with Crippen molar-refractivity contribution < 1.29 is 9.59 Å². The summed E-state index contributed by atoms with van der Waals surface area (Å²) in [5.74, 6) is -0.210. The van der Waals surface area contributed by atoms with Gasteiger partial charge in [-0.2, -0.15) is 0 Å². The molecule has 1 aliphatic heterocycles. The van der Waals surface area contributed by atoms with E-state index in [4.69, 9.17) is 11.6 Å². The van der Waals surface area contributed by atoms with Crippen molar-refractivity contribution in [1.82, 2.24) is 20.2 Å². The fourth-order valence-electron chi connectivity index (χ4n) is 2.86. The number of nitrogens with one attached hydrogen (secondary N) is 1. The summed E-state index contributed by atoms with van der Waals surface area (Å²) in [5.41, 5.74) is 0.785. The van der Waals surface area contributed by atoms with Gasteiger partial charge in [0.05, 0.1) is 5.52 Å². The standard InChI is InChI=1S/C17H20ClN5O2/c1-11(2)21-16(24)17(25)23-7-5-22(6-8-23)15-13-4-3-12(18)9-14(13)19-10-20-15/h3-4,9-11H,5-8H2,1-2H3,(H,21,24). The Balaban J connectivity index is 1.71. The zero-order chi connectivity index (χ0) is 18.0. The number of hydrogen-bond acceptors (Lipinski definition) is 5. The molecule has 3 rings (SSSR count). The Kier molecular flexibility index (Phi) is 5.03. The first kappa shape index (κ1) is 17.4. The van der Waals surface area contributed by atoms with Crippen LogP contribution in [0.15, 0.2) is 24.5 Å². The molecule has 1 saturated heterocycles. The average Bonchev–Trinajstić information content (AvgIpc) is 2.60. The molecule has 0 aliphatic carbocycles.